The molecule has 5 heteroatoms. The molecular weight excluding hydrogens is 342 g/mol. The molecule has 144 valence electrons. The molecular formula is C22H27NO4. The Hall–Kier alpha value is -1.76. The van der Waals surface area contributed by atoms with Crippen molar-refractivity contribution in [3.8, 4) is 0 Å². The Kier molecular flexibility index (Phi) is 6.17. The lowest BCUT2D eigenvalue weighted by molar-refractivity contribution is -0.138. The van der Waals surface area contributed by atoms with Gasteiger partial charge in [-0.1, -0.05) is 60.7 Å². The van der Waals surface area contributed by atoms with E-state index in [1.54, 1.807) is 0 Å². The molecule has 4 rings (SSSR count). The topological polar surface area (TPSA) is 60.0 Å². The highest BCUT2D eigenvalue weighted by Gasteiger charge is 2.44. The van der Waals surface area contributed by atoms with Crippen molar-refractivity contribution in [1.82, 2.24) is 5.32 Å². The van der Waals surface area contributed by atoms with Gasteiger partial charge in [0.1, 0.15) is 18.3 Å². The van der Waals surface area contributed by atoms with Crippen LogP contribution in [0.1, 0.15) is 17.5 Å². The Morgan fingerprint density at radius 3 is 2.22 bits per heavy atom. The lowest BCUT2D eigenvalue weighted by Gasteiger charge is -2.31. The molecule has 5 nitrogen and oxygen atoms in total. The van der Waals surface area contributed by atoms with Crippen molar-refractivity contribution in [3.05, 3.63) is 71.8 Å². The van der Waals surface area contributed by atoms with Crippen LogP contribution in [-0.2, 0) is 27.4 Å². The number of benzene rings is 2. The molecule has 2 aliphatic rings. The molecule has 2 aromatic carbocycles. The molecule has 27 heavy (non-hydrogen) atoms. The van der Waals surface area contributed by atoms with Crippen molar-refractivity contribution in [1.29, 1.82) is 0 Å². The number of nitrogens with one attached hydrogen (secondary N) is 1. The standard InChI is InChI=1S/C22H27NO4/c24-21-20-18(11-12-23-20)26-15-19(25-13-16-7-3-1-4-8-16)22(21)27-14-17-9-5-2-6-10-17/h1-10,18-24H,11-15H2/t18-,19-,20+,21+,22+/m0/s1. The maximum atomic E-state index is 11.0. The summed E-state index contributed by atoms with van der Waals surface area (Å²) in [6.45, 7) is 2.18. The van der Waals surface area contributed by atoms with Crippen molar-refractivity contribution in [3.63, 3.8) is 0 Å². The van der Waals surface area contributed by atoms with E-state index < -0.39 is 12.2 Å². The number of fused-ring (bicyclic) bond motifs is 1. The summed E-state index contributed by atoms with van der Waals surface area (Å²) in [5, 5.41) is 14.4. The predicted octanol–water partition coefficient (Wildman–Crippen LogP) is 2.28. The molecule has 0 unspecified atom stereocenters. The van der Waals surface area contributed by atoms with Crippen LogP contribution >= 0.6 is 0 Å². The van der Waals surface area contributed by atoms with E-state index in [4.69, 9.17) is 14.2 Å². The molecule has 0 bridgehead atoms. The van der Waals surface area contributed by atoms with E-state index in [1.165, 1.54) is 0 Å². The second-order valence-corrected chi connectivity index (χ2v) is 7.23. The molecule has 2 fully saturated rings. The lowest BCUT2D eigenvalue weighted by atomic mass is 9.99. The molecule has 0 spiro atoms. The minimum Gasteiger partial charge on any atom is -0.389 e. The van der Waals surface area contributed by atoms with E-state index in [-0.39, 0.29) is 18.2 Å². The molecule has 2 heterocycles. The van der Waals surface area contributed by atoms with E-state index in [9.17, 15) is 5.11 Å². The number of hydrogen-bond acceptors (Lipinski definition) is 5. The molecule has 0 aliphatic carbocycles. The van der Waals surface area contributed by atoms with Crippen LogP contribution in [0.5, 0.6) is 0 Å². The van der Waals surface area contributed by atoms with Gasteiger partial charge in [0, 0.05) is 0 Å². The third-order valence-corrected chi connectivity index (χ3v) is 5.35. The van der Waals surface area contributed by atoms with Gasteiger partial charge >= 0.3 is 0 Å². The summed E-state index contributed by atoms with van der Waals surface area (Å²) < 4.78 is 18.4. The number of hydrogen-bond donors (Lipinski definition) is 2. The maximum absolute atomic E-state index is 11.0. The summed E-state index contributed by atoms with van der Waals surface area (Å²) in [4.78, 5) is 0. The van der Waals surface area contributed by atoms with Crippen molar-refractivity contribution in [2.24, 2.45) is 0 Å². The van der Waals surface area contributed by atoms with Gasteiger partial charge in [-0.25, -0.2) is 0 Å². The SMILES string of the molecule is O[C@@H]1[C@@H]2NCC[C@@H]2OC[C@H](OCc2ccccc2)[C@H]1OCc1ccccc1. The second-order valence-electron chi connectivity index (χ2n) is 7.23. The molecule has 2 saturated heterocycles. The van der Waals surface area contributed by atoms with E-state index in [2.05, 4.69) is 5.32 Å². The van der Waals surface area contributed by atoms with Gasteiger partial charge in [0.25, 0.3) is 0 Å². The van der Waals surface area contributed by atoms with E-state index in [1.807, 2.05) is 60.7 Å². The first-order valence-electron chi connectivity index (χ1n) is 9.65. The average molecular weight is 369 g/mol. The van der Waals surface area contributed by atoms with Crippen molar-refractivity contribution < 1.29 is 19.3 Å². The Morgan fingerprint density at radius 1 is 0.926 bits per heavy atom. The van der Waals surface area contributed by atoms with Crippen LogP contribution in [0.25, 0.3) is 0 Å². The minimum absolute atomic E-state index is 0.00755. The molecule has 5 atom stereocenters. The number of rotatable bonds is 6. The molecule has 2 N–H and O–H groups in total. The molecule has 2 aliphatic heterocycles. The predicted molar refractivity (Wildman–Crippen MR) is 102 cm³/mol. The Labute approximate surface area is 160 Å². The van der Waals surface area contributed by atoms with Crippen LogP contribution in [0.15, 0.2) is 60.7 Å². The smallest absolute Gasteiger partial charge is 0.114 e. The average Bonchev–Trinajstić information content (AvgIpc) is 3.15. The molecule has 0 radical (unpaired) electrons. The number of ether oxygens (including phenoxy) is 3. The molecule has 2 aromatic rings. The van der Waals surface area contributed by atoms with Gasteiger partial charge in [0.05, 0.1) is 32.0 Å². The number of aliphatic hydroxyl groups excluding tert-OH is 1. The van der Waals surface area contributed by atoms with Crippen LogP contribution in [0.4, 0.5) is 0 Å². The monoisotopic (exact) mass is 369 g/mol. The van der Waals surface area contributed by atoms with E-state index in [0.29, 0.717) is 19.8 Å². The highest BCUT2D eigenvalue weighted by molar-refractivity contribution is 5.14. The highest BCUT2D eigenvalue weighted by atomic mass is 16.6. The first kappa shape index (κ1) is 18.6. The van der Waals surface area contributed by atoms with Crippen LogP contribution in [0, 0.1) is 0 Å². The fourth-order valence-corrected chi connectivity index (χ4v) is 3.86. The van der Waals surface area contributed by atoms with Gasteiger partial charge < -0.3 is 24.6 Å². The summed E-state index contributed by atoms with van der Waals surface area (Å²) in [5.41, 5.74) is 2.17. The summed E-state index contributed by atoms with van der Waals surface area (Å²) in [7, 11) is 0. The Morgan fingerprint density at radius 2 is 1.56 bits per heavy atom. The Balaban J connectivity index is 1.47. The second kappa shape index (κ2) is 8.95. The van der Waals surface area contributed by atoms with Crippen molar-refractivity contribution in [2.75, 3.05) is 13.2 Å². The van der Waals surface area contributed by atoms with Crippen LogP contribution in [0.2, 0.25) is 0 Å². The quantitative estimate of drug-likeness (QED) is 0.818. The summed E-state index contributed by atoms with van der Waals surface area (Å²) in [6, 6.07) is 19.9. The zero-order valence-electron chi connectivity index (χ0n) is 15.4. The third kappa shape index (κ3) is 4.57. The first-order valence-corrected chi connectivity index (χ1v) is 9.65. The lowest BCUT2D eigenvalue weighted by Crippen LogP contribution is -2.51. The van der Waals surface area contributed by atoms with Crippen molar-refractivity contribution >= 4 is 0 Å². The summed E-state index contributed by atoms with van der Waals surface area (Å²) >= 11 is 0. The van der Waals surface area contributed by atoms with Crippen LogP contribution in [-0.4, -0.2) is 48.7 Å². The van der Waals surface area contributed by atoms with Gasteiger partial charge in [0.2, 0.25) is 0 Å². The van der Waals surface area contributed by atoms with Crippen LogP contribution in [0.3, 0.4) is 0 Å². The van der Waals surface area contributed by atoms with Gasteiger partial charge in [-0.15, -0.1) is 0 Å². The first-order chi connectivity index (χ1) is 13.3. The molecule has 0 saturated carbocycles. The van der Waals surface area contributed by atoms with Gasteiger partial charge in [-0.3, -0.25) is 0 Å². The summed E-state index contributed by atoms with van der Waals surface area (Å²) in [5.74, 6) is 0. The summed E-state index contributed by atoms with van der Waals surface area (Å²) in [6.07, 6.45) is -0.540. The zero-order chi connectivity index (χ0) is 18.5. The Bertz CT molecular complexity index is 696. The third-order valence-electron chi connectivity index (χ3n) is 5.35. The number of aliphatic hydroxyl groups is 1. The largest absolute Gasteiger partial charge is 0.389 e. The van der Waals surface area contributed by atoms with Gasteiger partial charge in [0.15, 0.2) is 0 Å². The van der Waals surface area contributed by atoms with Crippen LogP contribution < -0.4 is 5.32 Å². The van der Waals surface area contributed by atoms with Gasteiger partial charge in [-0.2, -0.15) is 0 Å². The van der Waals surface area contributed by atoms with E-state index >= 15 is 0 Å². The molecule has 0 aromatic heterocycles. The maximum Gasteiger partial charge on any atom is 0.114 e. The molecule has 0 amide bonds. The van der Waals surface area contributed by atoms with E-state index in [0.717, 1.165) is 24.1 Å². The van der Waals surface area contributed by atoms with Crippen molar-refractivity contribution in [2.45, 2.75) is 50.1 Å². The zero-order valence-corrected chi connectivity index (χ0v) is 15.4. The normalized spacial score (nSPS) is 30.6. The highest BCUT2D eigenvalue weighted by Crippen LogP contribution is 2.26. The fraction of sp³-hybridized carbons (Fsp3) is 0.455. The fourth-order valence-electron chi connectivity index (χ4n) is 3.86. The minimum atomic E-state index is -0.676. The van der Waals surface area contributed by atoms with Gasteiger partial charge in [-0.05, 0) is 24.1 Å².